The lowest BCUT2D eigenvalue weighted by molar-refractivity contribution is 0.0413. The normalized spacial score (nSPS) is 16.9. The third-order valence-corrected chi connectivity index (χ3v) is 6.21. The van der Waals surface area contributed by atoms with Crippen LogP contribution in [0.15, 0.2) is 42.5 Å². The van der Waals surface area contributed by atoms with Gasteiger partial charge in [0.1, 0.15) is 5.75 Å². The summed E-state index contributed by atoms with van der Waals surface area (Å²) in [7, 11) is 0. The third kappa shape index (κ3) is 5.73. The maximum atomic E-state index is 10.1. The molecule has 29 heavy (non-hydrogen) atoms. The molecule has 0 saturated carbocycles. The minimum atomic E-state index is -0.104. The van der Waals surface area contributed by atoms with Gasteiger partial charge in [0.05, 0.1) is 12.7 Å². The molecular formula is C24H32ClNO3. The van der Waals surface area contributed by atoms with Crippen molar-refractivity contribution in [3.63, 3.8) is 0 Å². The van der Waals surface area contributed by atoms with Crippen molar-refractivity contribution in [1.82, 2.24) is 4.90 Å². The molecule has 158 valence electrons. The molecule has 1 aliphatic rings. The molecule has 0 atom stereocenters. The highest BCUT2D eigenvalue weighted by molar-refractivity contribution is 6.31. The van der Waals surface area contributed by atoms with Crippen LogP contribution >= 0.6 is 11.6 Å². The Morgan fingerprint density at radius 2 is 1.79 bits per heavy atom. The summed E-state index contributed by atoms with van der Waals surface area (Å²) in [4.78, 5) is 2.42. The highest BCUT2D eigenvalue weighted by atomic mass is 35.5. The van der Waals surface area contributed by atoms with Crippen LogP contribution < -0.4 is 4.74 Å². The molecule has 3 rings (SSSR count). The van der Waals surface area contributed by atoms with Crippen LogP contribution in [0.25, 0.3) is 0 Å². The number of aliphatic hydroxyl groups excluding tert-OH is 2. The van der Waals surface area contributed by atoms with Crippen molar-refractivity contribution in [1.29, 1.82) is 0 Å². The van der Waals surface area contributed by atoms with Gasteiger partial charge in [-0.25, -0.2) is 0 Å². The van der Waals surface area contributed by atoms with Crippen LogP contribution in [0.1, 0.15) is 43.4 Å². The van der Waals surface area contributed by atoms with Gasteiger partial charge in [-0.05, 0) is 80.9 Å². The molecule has 0 unspecified atom stereocenters. The monoisotopic (exact) mass is 417 g/mol. The van der Waals surface area contributed by atoms with E-state index >= 15 is 0 Å². The lowest BCUT2D eigenvalue weighted by Gasteiger charge is -2.41. The van der Waals surface area contributed by atoms with Crippen molar-refractivity contribution >= 4 is 11.6 Å². The van der Waals surface area contributed by atoms with Gasteiger partial charge in [0.25, 0.3) is 0 Å². The van der Waals surface area contributed by atoms with E-state index in [2.05, 4.69) is 17.0 Å². The first kappa shape index (κ1) is 22.1. The van der Waals surface area contributed by atoms with E-state index in [1.54, 1.807) is 0 Å². The maximum absolute atomic E-state index is 10.1. The molecule has 4 nitrogen and oxygen atoms in total. The Hall–Kier alpha value is -1.59. The minimum Gasteiger partial charge on any atom is -0.491 e. The zero-order chi connectivity index (χ0) is 20.9. The largest absolute Gasteiger partial charge is 0.491 e. The average Bonchev–Trinajstić information content (AvgIpc) is 2.72. The molecule has 0 bridgehead atoms. The molecule has 2 aromatic carbocycles. The van der Waals surface area contributed by atoms with Gasteiger partial charge >= 0.3 is 0 Å². The quantitative estimate of drug-likeness (QED) is 0.666. The lowest BCUT2D eigenvalue weighted by atomic mass is 9.74. The molecule has 1 heterocycles. The standard InChI is InChI=1S/C24H32ClNO3/c1-18(2)29-23-8-7-19(13-21(23)16-27)15-26-11-9-24(17-28,10-12-26)14-20-5-3-4-6-22(20)25/h3-8,13,18,27-28H,9-12,14-17H2,1-2H3. The van der Waals surface area contributed by atoms with Crippen molar-refractivity contribution in [3.8, 4) is 5.75 Å². The second kappa shape index (κ2) is 9.94. The zero-order valence-electron chi connectivity index (χ0n) is 17.4. The van der Waals surface area contributed by atoms with Gasteiger partial charge in [-0.3, -0.25) is 4.90 Å². The molecule has 0 aromatic heterocycles. The van der Waals surface area contributed by atoms with E-state index in [1.807, 2.05) is 44.2 Å². The van der Waals surface area contributed by atoms with E-state index in [0.717, 1.165) is 60.8 Å². The fourth-order valence-corrected chi connectivity index (χ4v) is 4.31. The number of hydrogen-bond acceptors (Lipinski definition) is 4. The summed E-state index contributed by atoms with van der Waals surface area (Å²) in [6.45, 7) is 6.83. The summed E-state index contributed by atoms with van der Waals surface area (Å²) in [5, 5.41) is 20.6. The second-order valence-electron chi connectivity index (χ2n) is 8.47. The Balaban J connectivity index is 1.62. The van der Waals surface area contributed by atoms with Gasteiger partial charge in [-0.2, -0.15) is 0 Å². The number of piperidine rings is 1. The third-order valence-electron chi connectivity index (χ3n) is 5.84. The van der Waals surface area contributed by atoms with Gasteiger partial charge in [-0.1, -0.05) is 35.9 Å². The topological polar surface area (TPSA) is 52.9 Å². The van der Waals surface area contributed by atoms with Crippen LogP contribution in [0.2, 0.25) is 5.02 Å². The van der Waals surface area contributed by atoms with Crippen molar-refractivity contribution in [2.24, 2.45) is 5.41 Å². The molecule has 0 amide bonds. The Morgan fingerprint density at radius 1 is 1.07 bits per heavy atom. The Morgan fingerprint density at radius 3 is 2.41 bits per heavy atom. The number of likely N-dealkylation sites (tertiary alicyclic amines) is 1. The number of nitrogens with zero attached hydrogens (tertiary/aromatic N) is 1. The summed E-state index contributed by atoms with van der Waals surface area (Å²) < 4.78 is 5.78. The first-order valence-corrected chi connectivity index (χ1v) is 10.8. The first-order valence-electron chi connectivity index (χ1n) is 10.4. The Kier molecular flexibility index (Phi) is 7.58. The van der Waals surface area contributed by atoms with Crippen molar-refractivity contribution < 1.29 is 14.9 Å². The van der Waals surface area contributed by atoms with Gasteiger partial charge < -0.3 is 14.9 Å². The summed E-state index contributed by atoms with van der Waals surface area (Å²) in [5.41, 5.74) is 3.02. The number of hydrogen-bond donors (Lipinski definition) is 2. The second-order valence-corrected chi connectivity index (χ2v) is 8.88. The Bertz CT molecular complexity index is 800. The highest BCUT2D eigenvalue weighted by Crippen LogP contribution is 2.37. The van der Waals surface area contributed by atoms with Crippen LogP contribution in [0, 0.1) is 5.41 Å². The van der Waals surface area contributed by atoms with Crippen molar-refractivity contribution in [2.75, 3.05) is 19.7 Å². The number of ether oxygens (including phenoxy) is 1. The van der Waals surface area contributed by atoms with Crippen LogP contribution in [0.4, 0.5) is 0 Å². The Labute approximate surface area is 179 Å². The SMILES string of the molecule is CC(C)Oc1ccc(CN2CCC(CO)(Cc3ccccc3Cl)CC2)cc1CO. The van der Waals surface area contributed by atoms with Crippen LogP contribution in [0.3, 0.4) is 0 Å². The van der Waals surface area contributed by atoms with E-state index in [-0.39, 0.29) is 24.7 Å². The molecule has 1 saturated heterocycles. The molecule has 2 aromatic rings. The number of rotatable bonds is 8. The average molecular weight is 418 g/mol. The molecule has 1 fully saturated rings. The van der Waals surface area contributed by atoms with Gasteiger partial charge in [-0.15, -0.1) is 0 Å². The highest BCUT2D eigenvalue weighted by Gasteiger charge is 2.34. The van der Waals surface area contributed by atoms with Crippen molar-refractivity contribution in [3.05, 3.63) is 64.2 Å². The maximum Gasteiger partial charge on any atom is 0.125 e. The summed E-state index contributed by atoms with van der Waals surface area (Å²) >= 11 is 6.35. The molecule has 0 aliphatic carbocycles. The smallest absolute Gasteiger partial charge is 0.125 e. The fraction of sp³-hybridized carbons (Fsp3) is 0.500. The summed E-state index contributed by atoms with van der Waals surface area (Å²) in [6.07, 6.45) is 2.78. The molecular weight excluding hydrogens is 386 g/mol. The minimum absolute atomic E-state index is 0.0264. The number of benzene rings is 2. The van der Waals surface area contributed by atoms with E-state index in [0.29, 0.717) is 0 Å². The molecule has 2 N–H and O–H groups in total. The van der Waals surface area contributed by atoms with Crippen molar-refractivity contribution in [2.45, 2.75) is 52.4 Å². The van der Waals surface area contributed by atoms with Crippen LogP contribution in [-0.2, 0) is 19.6 Å². The van der Waals surface area contributed by atoms with Crippen LogP contribution in [0.5, 0.6) is 5.75 Å². The van der Waals surface area contributed by atoms with Crippen LogP contribution in [-0.4, -0.2) is 40.9 Å². The molecule has 0 spiro atoms. The molecule has 1 aliphatic heterocycles. The van der Waals surface area contributed by atoms with E-state index < -0.39 is 0 Å². The van der Waals surface area contributed by atoms with Gasteiger partial charge in [0, 0.05) is 23.7 Å². The van der Waals surface area contributed by atoms with Gasteiger partial charge in [0.15, 0.2) is 0 Å². The zero-order valence-corrected chi connectivity index (χ0v) is 18.2. The summed E-state index contributed by atoms with van der Waals surface area (Å²) in [5.74, 6) is 0.754. The van der Waals surface area contributed by atoms with E-state index in [4.69, 9.17) is 16.3 Å². The lowest BCUT2D eigenvalue weighted by Crippen LogP contribution is -2.42. The fourth-order valence-electron chi connectivity index (χ4n) is 4.10. The number of aliphatic hydroxyl groups is 2. The predicted octanol–water partition coefficient (Wildman–Crippen LogP) is 4.44. The molecule has 0 radical (unpaired) electrons. The van der Waals surface area contributed by atoms with Gasteiger partial charge in [0.2, 0.25) is 0 Å². The predicted molar refractivity (Wildman–Crippen MR) is 117 cm³/mol. The first-order chi connectivity index (χ1) is 13.9. The van der Waals surface area contributed by atoms with E-state index in [1.165, 1.54) is 5.56 Å². The van der Waals surface area contributed by atoms with E-state index in [9.17, 15) is 10.2 Å². The number of halogens is 1. The summed E-state index contributed by atoms with van der Waals surface area (Å²) in [6, 6.07) is 14.0. The molecule has 5 heteroatoms.